The minimum absolute atomic E-state index is 0.0411. The summed E-state index contributed by atoms with van der Waals surface area (Å²) in [5.41, 5.74) is 0.490. The van der Waals surface area contributed by atoms with Gasteiger partial charge in [0.1, 0.15) is 0 Å². The Morgan fingerprint density at radius 3 is 2.49 bits per heavy atom. The van der Waals surface area contributed by atoms with Crippen molar-refractivity contribution in [2.75, 3.05) is 31.6 Å². The lowest BCUT2D eigenvalue weighted by atomic mass is 10.0. The maximum Gasteiger partial charge on any atom is 0.280 e. The van der Waals surface area contributed by atoms with E-state index in [2.05, 4.69) is 25.7 Å². The van der Waals surface area contributed by atoms with Gasteiger partial charge in [-0.25, -0.2) is 13.4 Å². The number of benzene rings is 1. The molecule has 1 atom stereocenters. The molecule has 2 amide bonds. The molecule has 41 heavy (non-hydrogen) atoms. The SMILES string of the molecule is O=C(Nc1ncc(CN2CCC(NC(=O)C3CC3)CC2)s1)C(=NO[C@@H]1CCOC1)c1ccc(S(=O)(=O)C2CC2)cc1. The fourth-order valence-electron chi connectivity index (χ4n) is 5.04. The summed E-state index contributed by atoms with van der Waals surface area (Å²) >= 11 is 1.40. The second kappa shape index (κ2) is 12.2. The van der Waals surface area contributed by atoms with Gasteiger partial charge in [0, 0.05) is 54.7 Å². The highest BCUT2D eigenvalue weighted by Gasteiger charge is 2.37. The Morgan fingerprint density at radius 1 is 1.07 bits per heavy atom. The topological polar surface area (TPSA) is 139 Å². The summed E-state index contributed by atoms with van der Waals surface area (Å²) in [4.78, 5) is 39.0. The predicted octanol–water partition coefficient (Wildman–Crippen LogP) is 2.72. The molecule has 4 fully saturated rings. The monoisotopic (exact) mass is 601 g/mol. The number of oxime groups is 1. The van der Waals surface area contributed by atoms with Crippen LogP contribution in [0.5, 0.6) is 0 Å². The van der Waals surface area contributed by atoms with E-state index in [1.807, 2.05) is 0 Å². The van der Waals surface area contributed by atoms with Crippen molar-refractivity contribution in [1.29, 1.82) is 0 Å². The lowest BCUT2D eigenvalue weighted by molar-refractivity contribution is -0.123. The minimum Gasteiger partial charge on any atom is -0.389 e. The summed E-state index contributed by atoms with van der Waals surface area (Å²) in [5, 5.41) is 10.3. The number of carbonyl (C=O) groups excluding carboxylic acids is 2. The number of rotatable bonds is 11. The molecule has 2 aromatic rings. The van der Waals surface area contributed by atoms with Crippen molar-refractivity contribution < 1.29 is 27.6 Å². The number of ether oxygens (including phenoxy) is 1. The van der Waals surface area contributed by atoms with Crippen LogP contribution in [-0.2, 0) is 35.5 Å². The normalized spacial score (nSPS) is 22.4. The standard InChI is InChI=1S/C28H35N5O6S2/c34-26(19-1-2-19)30-20-9-12-33(13-10-20)16-22-15-29-28(40-22)31-27(35)25(32-39-21-11-14-38-17-21)18-3-5-23(6-4-18)41(36,37)24-7-8-24/h3-6,15,19-21,24H,1-2,7-14,16-17H2,(H,30,34)(H,29,31,35)/t21-/m1/s1. The van der Waals surface area contributed by atoms with Gasteiger partial charge in [-0.05, 0) is 50.7 Å². The number of thiazole rings is 1. The van der Waals surface area contributed by atoms with Crippen molar-refractivity contribution in [1.82, 2.24) is 15.2 Å². The first-order chi connectivity index (χ1) is 19.8. The highest BCUT2D eigenvalue weighted by molar-refractivity contribution is 7.92. The molecule has 0 spiro atoms. The van der Waals surface area contributed by atoms with Gasteiger partial charge in [0.25, 0.3) is 5.91 Å². The molecule has 220 valence electrons. The quantitative estimate of drug-likeness (QED) is 0.296. The molecule has 6 rings (SSSR count). The summed E-state index contributed by atoms with van der Waals surface area (Å²) < 4.78 is 30.6. The zero-order chi connectivity index (χ0) is 28.4. The molecular weight excluding hydrogens is 566 g/mol. The van der Waals surface area contributed by atoms with E-state index in [9.17, 15) is 18.0 Å². The van der Waals surface area contributed by atoms with Crippen LogP contribution in [0.2, 0.25) is 0 Å². The van der Waals surface area contributed by atoms with Crippen LogP contribution in [-0.4, -0.2) is 79.5 Å². The first-order valence-corrected chi connectivity index (χ1v) is 16.7. The second-order valence-corrected chi connectivity index (χ2v) is 14.6. The van der Waals surface area contributed by atoms with Gasteiger partial charge >= 0.3 is 0 Å². The van der Waals surface area contributed by atoms with E-state index in [1.165, 1.54) is 23.5 Å². The van der Waals surface area contributed by atoms with Crippen LogP contribution in [0.3, 0.4) is 0 Å². The molecule has 0 unspecified atom stereocenters. The number of hydrogen-bond acceptors (Lipinski definition) is 10. The molecule has 2 aliphatic carbocycles. The fourth-order valence-corrected chi connectivity index (χ4v) is 7.54. The maximum atomic E-state index is 13.3. The Bertz CT molecular complexity index is 1390. The number of nitrogens with zero attached hydrogens (tertiary/aromatic N) is 3. The number of piperidine rings is 1. The highest BCUT2D eigenvalue weighted by Crippen LogP contribution is 2.33. The predicted molar refractivity (Wildman–Crippen MR) is 153 cm³/mol. The van der Waals surface area contributed by atoms with E-state index < -0.39 is 15.7 Å². The molecule has 1 aromatic carbocycles. The van der Waals surface area contributed by atoms with Crippen LogP contribution in [0.1, 0.15) is 55.4 Å². The Morgan fingerprint density at radius 2 is 1.83 bits per heavy atom. The molecule has 1 aromatic heterocycles. The largest absolute Gasteiger partial charge is 0.389 e. The number of hydrogen-bond donors (Lipinski definition) is 2. The summed E-state index contributed by atoms with van der Waals surface area (Å²) in [7, 11) is -3.34. The molecule has 2 saturated carbocycles. The summed E-state index contributed by atoms with van der Waals surface area (Å²) in [6.45, 7) is 3.47. The van der Waals surface area contributed by atoms with Crippen LogP contribution < -0.4 is 10.6 Å². The number of carbonyl (C=O) groups is 2. The Labute approximate surface area is 243 Å². The molecule has 0 radical (unpaired) electrons. The van der Waals surface area contributed by atoms with Gasteiger partial charge in [0.15, 0.2) is 26.8 Å². The molecule has 0 bridgehead atoms. The zero-order valence-electron chi connectivity index (χ0n) is 22.8. The Hall–Kier alpha value is -2.87. The highest BCUT2D eigenvalue weighted by atomic mass is 32.2. The van der Waals surface area contributed by atoms with Crippen molar-refractivity contribution >= 4 is 43.8 Å². The summed E-state index contributed by atoms with van der Waals surface area (Å²) in [6, 6.07) is 6.46. The Balaban J connectivity index is 1.08. The third-order valence-corrected chi connectivity index (χ3v) is 11.0. The van der Waals surface area contributed by atoms with Crippen molar-refractivity contribution in [3.05, 3.63) is 40.9 Å². The molecule has 11 nitrogen and oxygen atoms in total. The number of aromatic nitrogens is 1. The van der Waals surface area contributed by atoms with E-state index in [1.54, 1.807) is 18.3 Å². The van der Waals surface area contributed by atoms with Gasteiger partial charge in [-0.3, -0.25) is 19.8 Å². The van der Waals surface area contributed by atoms with Gasteiger partial charge < -0.3 is 14.9 Å². The summed E-state index contributed by atoms with van der Waals surface area (Å²) in [6.07, 6.45) is 7.44. The summed E-state index contributed by atoms with van der Waals surface area (Å²) in [5.74, 6) is -0.0548. The lowest BCUT2D eigenvalue weighted by Gasteiger charge is -2.32. The number of amides is 2. The Kier molecular flexibility index (Phi) is 8.38. The number of anilines is 1. The van der Waals surface area contributed by atoms with E-state index in [0.717, 1.165) is 50.2 Å². The van der Waals surface area contributed by atoms with Crippen LogP contribution in [0.25, 0.3) is 0 Å². The minimum atomic E-state index is -3.34. The maximum absolute atomic E-state index is 13.3. The molecule has 3 heterocycles. The van der Waals surface area contributed by atoms with Crippen LogP contribution in [0.4, 0.5) is 5.13 Å². The van der Waals surface area contributed by atoms with Crippen LogP contribution in [0, 0.1) is 5.92 Å². The average Bonchev–Trinajstić information content (AvgIpc) is 3.90. The van der Waals surface area contributed by atoms with Gasteiger partial charge in [-0.15, -0.1) is 11.3 Å². The number of nitrogens with one attached hydrogen (secondary N) is 2. The van der Waals surface area contributed by atoms with Crippen molar-refractivity contribution in [2.45, 2.75) is 73.8 Å². The molecule has 2 N–H and O–H groups in total. The average molecular weight is 602 g/mol. The number of sulfone groups is 1. The van der Waals surface area contributed by atoms with E-state index in [4.69, 9.17) is 9.57 Å². The zero-order valence-corrected chi connectivity index (χ0v) is 24.4. The van der Waals surface area contributed by atoms with E-state index >= 15 is 0 Å². The molecule has 4 aliphatic rings. The number of likely N-dealkylation sites (tertiary alicyclic amines) is 1. The van der Waals surface area contributed by atoms with Crippen molar-refractivity contribution in [3.8, 4) is 0 Å². The smallest absolute Gasteiger partial charge is 0.280 e. The van der Waals surface area contributed by atoms with Crippen molar-refractivity contribution in [3.63, 3.8) is 0 Å². The van der Waals surface area contributed by atoms with Crippen molar-refractivity contribution in [2.24, 2.45) is 11.1 Å². The van der Waals surface area contributed by atoms with E-state index in [-0.39, 0.29) is 39.8 Å². The van der Waals surface area contributed by atoms with Gasteiger partial charge in [-0.1, -0.05) is 17.3 Å². The lowest BCUT2D eigenvalue weighted by Crippen LogP contribution is -2.44. The van der Waals surface area contributed by atoms with E-state index in [0.29, 0.717) is 43.2 Å². The van der Waals surface area contributed by atoms with Gasteiger partial charge in [0.2, 0.25) is 5.91 Å². The third-order valence-electron chi connectivity index (χ3n) is 7.85. The first-order valence-electron chi connectivity index (χ1n) is 14.3. The fraction of sp³-hybridized carbons (Fsp3) is 0.571. The molecule has 2 aliphatic heterocycles. The van der Waals surface area contributed by atoms with Crippen LogP contribution in [0.15, 0.2) is 40.5 Å². The molecule has 2 saturated heterocycles. The third kappa shape index (κ3) is 7.14. The molecular formula is C28H35N5O6S2. The second-order valence-electron chi connectivity index (χ2n) is 11.2. The van der Waals surface area contributed by atoms with Crippen LogP contribution >= 0.6 is 11.3 Å². The molecule has 13 heteroatoms. The first kappa shape index (κ1) is 28.3. The van der Waals surface area contributed by atoms with Gasteiger partial charge in [-0.2, -0.15) is 0 Å². The van der Waals surface area contributed by atoms with Gasteiger partial charge in [0.05, 0.1) is 23.4 Å².